The highest BCUT2D eigenvalue weighted by molar-refractivity contribution is 7.91. The smallest absolute Gasteiger partial charge is 0.157 e. The molecule has 1 unspecified atom stereocenters. The third-order valence-corrected chi connectivity index (χ3v) is 3.11. The number of benzene rings is 1. The summed E-state index contributed by atoms with van der Waals surface area (Å²) in [6, 6.07) is 7.60. The summed E-state index contributed by atoms with van der Waals surface area (Å²) in [6.45, 7) is 2.37. The average Bonchev–Trinajstić information content (AvgIpc) is 2.16. The van der Waals surface area contributed by atoms with Crippen LogP contribution in [0.2, 0.25) is 0 Å². The number of hydrogen-bond donors (Lipinski definition) is 1. The second kappa shape index (κ2) is 4.50. The molecule has 1 aromatic carbocycles. The molecule has 0 saturated carbocycles. The summed E-state index contributed by atoms with van der Waals surface area (Å²) in [5.41, 5.74) is 6.49. The second-order valence-electron chi connectivity index (χ2n) is 2.45. The van der Waals surface area contributed by atoms with Crippen LogP contribution >= 0.6 is 0 Å². The van der Waals surface area contributed by atoms with Crippen molar-refractivity contribution in [1.29, 1.82) is 0 Å². The van der Waals surface area contributed by atoms with Gasteiger partial charge in [-0.15, -0.1) is 0 Å². The van der Waals surface area contributed by atoms with Crippen LogP contribution in [0.15, 0.2) is 29.2 Å². The molecule has 0 aliphatic carbocycles. The van der Waals surface area contributed by atoms with Crippen molar-refractivity contribution in [2.45, 2.75) is 18.4 Å². The fourth-order valence-corrected chi connectivity index (χ4v) is 2.04. The molecule has 0 bridgehead atoms. The van der Waals surface area contributed by atoms with Crippen LogP contribution in [-0.4, -0.2) is 10.3 Å². The Morgan fingerprint density at radius 2 is 2.08 bits per heavy atom. The first-order chi connectivity index (χ1) is 5.79. The molecule has 0 aromatic heterocycles. The van der Waals surface area contributed by atoms with Gasteiger partial charge in [-0.3, -0.25) is 0 Å². The van der Waals surface area contributed by atoms with Gasteiger partial charge >= 0.3 is 0 Å². The van der Waals surface area contributed by atoms with E-state index in [1.807, 2.05) is 31.2 Å². The zero-order valence-corrected chi connectivity index (χ0v) is 7.93. The van der Waals surface area contributed by atoms with Crippen LogP contribution < -0.4 is 5.73 Å². The number of hydrogen-bond acceptors (Lipinski definition) is 2. The second-order valence-corrected chi connectivity index (χ2v) is 4.15. The van der Waals surface area contributed by atoms with Crippen LogP contribution in [0, 0.1) is 0 Å². The van der Waals surface area contributed by atoms with Crippen molar-refractivity contribution < 1.29 is 4.55 Å². The molecule has 0 radical (unpaired) electrons. The molecule has 66 valence electrons. The molecular weight excluding hydrogens is 170 g/mol. The normalized spacial score (nSPS) is 12.9. The molecule has 1 atom stereocenters. The standard InChI is InChI=1S/C9H13NOS/c1-2-12(11)9-6-4-3-5-8(9)7-10/h3-6H,2,7,10H2,1H3. The molecule has 12 heavy (non-hydrogen) atoms. The van der Waals surface area contributed by atoms with E-state index in [4.69, 9.17) is 5.73 Å². The Kier molecular flexibility index (Phi) is 3.59. The minimum absolute atomic E-state index is 0.460. The van der Waals surface area contributed by atoms with Crippen molar-refractivity contribution in [1.82, 2.24) is 0 Å². The van der Waals surface area contributed by atoms with Gasteiger partial charge in [-0.1, -0.05) is 18.2 Å². The van der Waals surface area contributed by atoms with Gasteiger partial charge in [0.25, 0.3) is 0 Å². The monoisotopic (exact) mass is 183 g/mol. The highest BCUT2D eigenvalue weighted by Crippen LogP contribution is 2.15. The Hall–Kier alpha value is -0.510. The Bertz CT molecular complexity index is 252. The average molecular weight is 183 g/mol. The summed E-state index contributed by atoms with van der Waals surface area (Å²) in [5, 5.41) is 0. The summed E-state index contributed by atoms with van der Waals surface area (Å²) < 4.78 is 11.4. The summed E-state index contributed by atoms with van der Waals surface area (Å²) in [4.78, 5) is 0.877. The molecule has 0 heterocycles. The van der Waals surface area contributed by atoms with E-state index in [2.05, 4.69) is 0 Å². The molecule has 0 amide bonds. The van der Waals surface area contributed by atoms with Crippen LogP contribution in [-0.2, 0) is 17.7 Å². The van der Waals surface area contributed by atoms with Gasteiger partial charge in [-0.05, 0) is 24.2 Å². The van der Waals surface area contributed by atoms with Gasteiger partial charge in [0.15, 0.2) is 4.90 Å². The van der Waals surface area contributed by atoms with Crippen molar-refractivity contribution in [3.63, 3.8) is 0 Å². The van der Waals surface area contributed by atoms with Crippen molar-refractivity contribution >= 4 is 11.2 Å². The van der Waals surface area contributed by atoms with Gasteiger partial charge in [-0.25, -0.2) is 0 Å². The van der Waals surface area contributed by atoms with Gasteiger partial charge < -0.3 is 10.3 Å². The highest BCUT2D eigenvalue weighted by Gasteiger charge is 2.11. The van der Waals surface area contributed by atoms with Crippen LogP contribution in [0.3, 0.4) is 0 Å². The lowest BCUT2D eigenvalue weighted by Gasteiger charge is -2.10. The third-order valence-electron chi connectivity index (χ3n) is 1.70. The third kappa shape index (κ3) is 2.00. The van der Waals surface area contributed by atoms with E-state index in [-0.39, 0.29) is 0 Å². The molecule has 0 aliphatic rings. The molecule has 0 spiro atoms. The molecule has 2 N–H and O–H groups in total. The molecule has 1 rings (SSSR count). The molecular formula is C9H13NOS. The minimum Gasteiger partial charge on any atom is -0.611 e. The molecule has 0 aliphatic heterocycles. The lowest BCUT2D eigenvalue weighted by atomic mass is 10.2. The van der Waals surface area contributed by atoms with Gasteiger partial charge in [0, 0.05) is 12.1 Å². The van der Waals surface area contributed by atoms with E-state index >= 15 is 0 Å². The van der Waals surface area contributed by atoms with Crippen LogP contribution in [0.1, 0.15) is 12.5 Å². The predicted octanol–water partition coefficient (Wildman–Crippen LogP) is 1.27. The van der Waals surface area contributed by atoms with E-state index in [0.29, 0.717) is 12.3 Å². The van der Waals surface area contributed by atoms with Crippen molar-refractivity contribution in [2.75, 3.05) is 5.75 Å². The fourth-order valence-electron chi connectivity index (χ4n) is 1.05. The van der Waals surface area contributed by atoms with Crippen LogP contribution in [0.4, 0.5) is 0 Å². The quantitative estimate of drug-likeness (QED) is 0.717. The summed E-state index contributed by atoms with van der Waals surface area (Å²) in [7, 11) is 0. The van der Waals surface area contributed by atoms with Crippen LogP contribution in [0.25, 0.3) is 0 Å². The van der Waals surface area contributed by atoms with E-state index < -0.39 is 11.2 Å². The maximum absolute atomic E-state index is 11.4. The molecule has 2 nitrogen and oxygen atoms in total. The summed E-state index contributed by atoms with van der Waals surface area (Å²) in [5.74, 6) is 0.650. The number of nitrogens with two attached hydrogens (primary N) is 1. The molecule has 1 aromatic rings. The Morgan fingerprint density at radius 3 is 2.67 bits per heavy atom. The van der Waals surface area contributed by atoms with E-state index in [9.17, 15) is 4.55 Å². The van der Waals surface area contributed by atoms with Gasteiger partial charge in [0.2, 0.25) is 0 Å². The lowest BCUT2D eigenvalue weighted by molar-refractivity contribution is 0.595. The zero-order chi connectivity index (χ0) is 8.97. The maximum Gasteiger partial charge on any atom is 0.157 e. The van der Waals surface area contributed by atoms with Crippen molar-refractivity contribution in [3.8, 4) is 0 Å². The van der Waals surface area contributed by atoms with Gasteiger partial charge in [0.05, 0.1) is 0 Å². The minimum atomic E-state index is -0.882. The fraction of sp³-hybridized carbons (Fsp3) is 0.333. The zero-order valence-electron chi connectivity index (χ0n) is 7.12. The molecule has 0 fully saturated rings. The lowest BCUT2D eigenvalue weighted by Crippen LogP contribution is -2.09. The maximum atomic E-state index is 11.4. The van der Waals surface area contributed by atoms with Crippen molar-refractivity contribution in [3.05, 3.63) is 29.8 Å². The first-order valence-corrected chi connectivity index (χ1v) is 5.27. The van der Waals surface area contributed by atoms with E-state index in [1.165, 1.54) is 0 Å². The topological polar surface area (TPSA) is 49.1 Å². The SMILES string of the molecule is CC[S+]([O-])c1ccccc1CN. The largest absolute Gasteiger partial charge is 0.611 e. The van der Waals surface area contributed by atoms with E-state index in [0.717, 1.165) is 10.5 Å². The summed E-state index contributed by atoms with van der Waals surface area (Å²) in [6.07, 6.45) is 0. The summed E-state index contributed by atoms with van der Waals surface area (Å²) >= 11 is -0.882. The van der Waals surface area contributed by atoms with Gasteiger partial charge in [0.1, 0.15) is 5.75 Å². The van der Waals surface area contributed by atoms with E-state index in [1.54, 1.807) is 0 Å². The Labute approximate surface area is 76.0 Å². The highest BCUT2D eigenvalue weighted by atomic mass is 32.2. The van der Waals surface area contributed by atoms with Gasteiger partial charge in [-0.2, -0.15) is 0 Å². The molecule has 3 heteroatoms. The van der Waals surface area contributed by atoms with Crippen LogP contribution in [0.5, 0.6) is 0 Å². The van der Waals surface area contributed by atoms with Crippen molar-refractivity contribution in [2.24, 2.45) is 5.73 Å². The predicted molar refractivity (Wildman–Crippen MR) is 51.3 cm³/mol. The Morgan fingerprint density at radius 1 is 1.42 bits per heavy atom. The first-order valence-electron chi connectivity index (χ1n) is 3.96. The first kappa shape index (κ1) is 9.58. The Balaban J connectivity index is 2.96. The molecule has 0 saturated heterocycles. The number of rotatable bonds is 3.